The fraction of sp³-hybridized carbons (Fsp3) is 0.235. The van der Waals surface area contributed by atoms with Gasteiger partial charge in [0.1, 0.15) is 17.3 Å². The highest BCUT2D eigenvalue weighted by Gasteiger charge is 2.34. The zero-order valence-electron chi connectivity index (χ0n) is 14.6. The lowest BCUT2D eigenvalue weighted by Gasteiger charge is -2.32. The molecule has 3 aliphatic heterocycles. The SMILES string of the molecule is COC1=NC2N=CC3=C(C2=N1)N(Cc1c(F)cc(S(N)(=O)=O)cc1F)CC=C3. The first-order valence-electron chi connectivity index (χ1n) is 8.18. The molecule has 0 spiro atoms. The summed E-state index contributed by atoms with van der Waals surface area (Å²) in [7, 11) is -2.78. The summed E-state index contributed by atoms with van der Waals surface area (Å²) in [6.07, 6.45) is 4.73. The second-order valence-electron chi connectivity index (χ2n) is 6.26. The molecule has 0 amide bonds. The minimum atomic E-state index is -4.22. The molecule has 0 aliphatic carbocycles. The van der Waals surface area contributed by atoms with Crippen LogP contribution in [0.25, 0.3) is 0 Å². The Morgan fingerprint density at radius 1 is 1.32 bits per heavy atom. The van der Waals surface area contributed by atoms with Gasteiger partial charge in [0, 0.05) is 30.4 Å². The highest BCUT2D eigenvalue weighted by Crippen LogP contribution is 2.30. The average molecular weight is 407 g/mol. The van der Waals surface area contributed by atoms with E-state index < -0.39 is 32.7 Å². The van der Waals surface area contributed by atoms with E-state index in [9.17, 15) is 17.2 Å². The Kier molecular flexibility index (Phi) is 4.35. The van der Waals surface area contributed by atoms with Crippen LogP contribution >= 0.6 is 0 Å². The van der Waals surface area contributed by atoms with E-state index in [2.05, 4.69) is 15.0 Å². The van der Waals surface area contributed by atoms with Gasteiger partial charge in [0.25, 0.3) is 0 Å². The van der Waals surface area contributed by atoms with Crippen LogP contribution in [0.4, 0.5) is 8.78 Å². The zero-order valence-corrected chi connectivity index (χ0v) is 15.4. The summed E-state index contributed by atoms with van der Waals surface area (Å²) in [6.45, 7) is 0.226. The highest BCUT2D eigenvalue weighted by molar-refractivity contribution is 7.89. The lowest BCUT2D eigenvalue weighted by Crippen LogP contribution is -2.36. The number of hydrogen-bond acceptors (Lipinski definition) is 7. The van der Waals surface area contributed by atoms with Crippen LogP contribution in [0, 0.1) is 11.6 Å². The third kappa shape index (κ3) is 3.12. The molecule has 0 radical (unpaired) electrons. The molecule has 3 heterocycles. The number of benzene rings is 1. The number of nitrogens with zero attached hydrogens (tertiary/aromatic N) is 4. The molecule has 0 fully saturated rings. The number of dihydropyridines is 1. The molecule has 1 unspecified atom stereocenters. The second-order valence-corrected chi connectivity index (χ2v) is 7.82. The Balaban J connectivity index is 1.71. The molecule has 3 aliphatic rings. The summed E-state index contributed by atoms with van der Waals surface area (Å²) < 4.78 is 56.8. The van der Waals surface area contributed by atoms with Gasteiger partial charge in [0.15, 0.2) is 6.17 Å². The van der Waals surface area contributed by atoms with Gasteiger partial charge in [-0.1, -0.05) is 12.2 Å². The molecular weight excluding hydrogens is 392 g/mol. The summed E-state index contributed by atoms with van der Waals surface area (Å²) in [5.41, 5.74) is 1.63. The fourth-order valence-electron chi connectivity index (χ4n) is 3.19. The van der Waals surface area contributed by atoms with E-state index in [1.807, 2.05) is 12.2 Å². The second kappa shape index (κ2) is 6.60. The number of hydrogen-bond donors (Lipinski definition) is 1. The molecule has 11 heteroatoms. The molecule has 0 saturated heterocycles. The Morgan fingerprint density at radius 2 is 2.04 bits per heavy atom. The van der Waals surface area contributed by atoms with Crippen molar-refractivity contribution in [1.82, 2.24) is 4.90 Å². The van der Waals surface area contributed by atoms with Crippen LogP contribution in [0.15, 0.2) is 55.4 Å². The molecule has 1 aromatic carbocycles. The van der Waals surface area contributed by atoms with Gasteiger partial charge < -0.3 is 9.64 Å². The Hall–Kier alpha value is -2.92. The maximum atomic E-state index is 14.5. The number of nitrogens with two attached hydrogens (primary N) is 1. The van der Waals surface area contributed by atoms with Crippen LogP contribution in [-0.4, -0.2) is 51.1 Å². The fourth-order valence-corrected chi connectivity index (χ4v) is 3.72. The third-order valence-corrected chi connectivity index (χ3v) is 5.37. The minimum Gasteiger partial charge on any atom is -0.467 e. The summed E-state index contributed by atoms with van der Waals surface area (Å²) in [5.74, 6) is -1.99. The maximum Gasteiger partial charge on any atom is 0.314 e. The normalized spacial score (nSPS) is 20.7. The highest BCUT2D eigenvalue weighted by atomic mass is 32.2. The van der Waals surface area contributed by atoms with E-state index in [-0.39, 0.29) is 18.1 Å². The van der Waals surface area contributed by atoms with Gasteiger partial charge in [-0.15, -0.1) is 0 Å². The molecule has 28 heavy (non-hydrogen) atoms. The Labute approximate surface area is 159 Å². The molecule has 8 nitrogen and oxygen atoms in total. The van der Waals surface area contributed by atoms with E-state index in [1.165, 1.54) is 7.11 Å². The van der Waals surface area contributed by atoms with Gasteiger partial charge in [-0.2, -0.15) is 9.98 Å². The van der Waals surface area contributed by atoms with E-state index in [1.54, 1.807) is 11.1 Å². The van der Waals surface area contributed by atoms with Crippen LogP contribution in [0.1, 0.15) is 5.56 Å². The largest absolute Gasteiger partial charge is 0.467 e. The number of halogens is 2. The number of allylic oxidation sites excluding steroid dienone is 2. The molecule has 1 aromatic rings. The number of ether oxygens (including phenoxy) is 1. The van der Waals surface area contributed by atoms with Gasteiger partial charge in [0.2, 0.25) is 10.0 Å². The van der Waals surface area contributed by atoms with Crippen LogP contribution in [0.5, 0.6) is 0 Å². The molecule has 4 rings (SSSR count). The molecule has 2 N–H and O–H groups in total. The predicted molar refractivity (Wildman–Crippen MR) is 98.5 cm³/mol. The van der Waals surface area contributed by atoms with Crippen LogP contribution in [0.3, 0.4) is 0 Å². The van der Waals surface area contributed by atoms with E-state index in [0.29, 0.717) is 30.1 Å². The molecule has 0 bridgehead atoms. The van der Waals surface area contributed by atoms with Crippen molar-refractivity contribution in [2.75, 3.05) is 13.7 Å². The van der Waals surface area contributed by atoms with Gasteiger partial charge in [-0.3, -0.25) is 4.99 Å². The molecule has 1 atom stereocenters. The molecule has 146 valence electrons. The number of fused-ring (bicyclic) bond motifs is 2. The average Bonchev–Trinajstić information content (AvgIpc) is 3.07. The maximum absolute atomic E-state index is 14.5. The number of methoxy groups -OCH3 is 1. The number of aliphatic imine (C=N–C) groups is 3. The van der Waals surface area contributed by atoms with Gasteiger partial charge in [0.05, 0.1) is 17.7 Å². The predicted octanol–water partition coefficient (Wildman–Crippen LogP) is 1.11. The lowest BCUT2D eigenvalue weighted by atomic mass is 10.0. The number of rotatable bonds is 3. The topological polar surface area (TPSA) is 110 Å². The van der Waals surface area contributed by atoms with Crippen LogP contribution in [-0.2, 0) is 21.3 Å². The quantitative estimate of drug-likeness (QED) is 0.809. The molecular formula is C17H15F2N5O3S. The zero-order chi connectivity index (χ0) is 20.1. The summed E-state index contributed by atoms with van der Waals surface area (Å²) in [6, 6.07) is 1.61. The van der Waals surface area contributed by atoms with E-state index in [0.717, 1.165) is 5.57 Å². The van der Waals surface area contributed by atoms with E-state index in [4.69, 9.17) is 9.88 Å². The van der Waals surface area contributed by atoms with Crippen molar-refractivity contribution >= 4 is 28.0 Å². The van der Waals surface area contributed by atoms with Crippen molar-refractivity contribution in [1.29, 1.82) is 0 Å². The van der Waals surface area contributed by atoms with Gasteiger partial charge in [-0.25, -0.2) is 22.3 Å². The summed E-state index contributed by atoms with van der Waals surface area (Å²) >= 11 is 0. The number of primary sulfonamides is 1. The first-order valence-corrected chi connectivity index (χ1v) is 9.73. The smallest absolute Gasteiger partial charge is 0.314 e. The minimum absolute atomic E-state index is 0.145. The van der Waals surface area contributed by atoms with Crippen LogP contribution < -0.4 is 5.14 Å². The van der Waals surface area contributed by atoms with Crippen molar-refractivity contribution in [3.05, 3.63) is 52.8 Å². The standard InChI is InChI=1S/C17H15F2N5O3S/c1-27-17-22-14-15-9(7-21-16(14)23-17)3-2-4-24(15)8-11-12(18)5-10(6-13(11)19)28(20,25)26/h2-3,5-7,16H,4,8H2,1H3,(H2,20,25,26). The Morgan fingerprint density at radius 3 is 2.68 bits per heavy atom. The van der Waals surface area contributed by atoms with Gasteiger partial charge >= 0.3 is 6.02 Å². The van der Waals surface area contributed by atoms with Crippen molar-refractivity contribution in [2.24, 2.45) is 20.1 Å². The number of sulfonamides is 1. The van der Waals surface area contributed by atoms with Crippen molar-refractivity contribution in [3.8, 4) is 0 Å². The lowest BCUT2D eigenvalue weighted by molar-refractivity contribution is 0.364. The summed E-state index contributed by atoms with van der Waals surface area (Å²) in [5, 5.41) is 4.96. The Bertz CT molecular complexity index is 1100. The summed E-state index contributed by atoms with van der Waals surface area (Å²) in [4.78, 5) is 13.9. The van der Waals surface area contributed by atoms with Crippen molar-refractivity contribution in [3.63, 3.8) is 0 Å². The molecule has 0 aromatic heterocycles. The van der Waals surface area contributed by atoms with Gasteiger partial charge in [-0.05, 0) is 12.1 Å². The third-order valence-electron chi connectivity index (χ3n) is 4.48. The van der Waals surface area contributed by atoms with Crippen molar-refractivity contribution < 1.29 is 21.9 Å². The first-order chi connectivity index (χ1) is 13.3. The first kappa shape index (κ1) is 18.4. The van der Waals surface area contributed by atoms with Crippen molar-refractivity contribution in [2.45, 2.75) is 17.6 Å². The number of amidine groups is 1. The van der Waals surface area contributed by atoms with Crippen LogP contribution in [0.2, 0.25) is 0 Å². The molecule has 0 saturated carbocycles. The van der Waals surface area contributed by atoms with E-state index >= 15 is 0 Å². The monoisotopic (exact) mass is 407 g/mol.